The van der Waals surface area contributed by atoms with E-state index in [0.717, 1.165) is 11.0 Å². The first-order valence-corrected chi connectivity index (χ1v) is 6.98. The molecule has 3 rings (SSSR count). The number of amides is 1. The minimum Gasteiger partial charge on any atom is -0.465 e. The first-order chi connectivity index (χ1) is 11.0. The third-order valence-electron chi connectivity index (χ3n) is 3.50. The van der Waals surface area contributed by atoms with Gasteiger partial charge >= 0.3 is 11.8 Å². The summed E-state index contributed by atoms with van der Waals surface area (Å²) < 4.78 is 3.13. The number of allylic oxidation sites excluding steroid dienone is 1. The summed E-state index contributed by atoms with van der Waals surface area (Å²) in [7, 11) is 0. The van der Waals surface area contributed by atoms with Gasteiger partial charge < -0.3 is 5.11 Å². The number of hydrogen-bond acceptors (Lipinski definition) is 2. The van der Waals surface area contributed by atoms with Crippen molar-refractivity contribution in [3.8, 4) is 5.69 Å². The molecule has 0 unspecified atom stereocenters. The minimum atomic E-state index is -1.13. The van der Waals surface area contributed by atoms with E-state index in [1.165, 1.54) is 0 Å². The van der Waals surface area contributed by atoms with E-state index in [9.17, 15) is 9.59 Å². The number of nitrogens with zero attached hydrogens (tertiary/aromatic N) is 2. The summed E-state index contributed by atoms with van der Waals surface area (Å²) in [6.45, 7) is 5.64. The van der Waals surface area contributed by atoms with Crippen molar-refractivity contribution in [2.45, 2.75) is 6.92 Å². The van der Waals surface area contributed by atoms with Crippen LogP contribution in [0.25, 0.3) is 22.4 Å². The topological polar surface area (TPSA) is 76.3 Å². The van der Waals surface area contributed by atoms with Gasteiger partial charge in [0.25, 0.3) is 0 Å². The number of rotatable bonds is 3. The third-order valence-corrected chi connectivity index (χ3v) is 3.50. The van der Waals surface area contributed by atoms with E-state index in [-0.39, 0.29) is 5.69 Å². The Morgan fingerprint density at radius 1 is 1.09 bits per heavy atom. The maximum atomic E-state index is 12.7. The molecule has 0 saturated heterocycles. The molecule has 2 N–H and O–H groups in total. The van der Waals surface area contributed by atoms with Crippen LogP contribution in [0.2, 0.25) is 0 Å². The van der Waals surface area contributed by atoms with Gasteiger partial charge in [0.05, 0.1) is 16.7 Å². The Hall–Kier alpha value is -3.28. The van der Waals surface area contributed by atoms with E-state index in [0.29, 0.717) is 17.1 Å². The van der Waals surface area contributed by atoms with E-state index in [1.54, 1.807) is 40.3 Å². The largest absolute Gasteiger partial charge is 0.465 e. The average Bonchev–Trinajstić information content (AvgIpc) is 2.79. The quantitative estimate of drug-likeness (QED) is 0.778. The molecule has 0 aliphatic rings. The number of nitrogens with one attached hydrogen (secondary N) is 1. The molecule has 6 heteroatoms. The molecule has 0 bridgehead atoms. The lowest BCUT2D eigenvalue weighted by Gasteiger charge is -2.05. The molecule has 0 aliphatic heterocycles. The highest BCUT2D eigenvalue weighted by Gasteiger charge is 2.14. The highest BCUT2D eigenvalue weighted by Crippen LogP contribution is 2.20. The number of benzene rings is 2. The molecular weight excluding hydrogens is 294 g/mol. The van der Waals surface area contributed by atoms with Crippen molar-refractivity contribution in [3.05, 3.63) is 65.6 Å². The number of carbonyl (C=O) groups is 1. The Labute approximate surface area is 131 Å². The monoisotopic (exact) mass is 309 g/mol. The molecule has 0 saturated carbocycles. The highest BCUT2D eigenvalue weighted by atomic mass is 16.4. The molecule has 6 nitrogen and oxygen atoms in total. The Kier molecular flexibility index (Phi) is 3.50. The first kappa shape index (κ1) is 14.6. The van der Waals surface area contributed by atoms with Crippen LogP contribution in [0, 0.1) is 0 Å². The summed E-state index contributed by atoms with van der Waals surface area (Å²) in [5.41, 5.74) is 3.06. The van der Waals surface area contributed by atoms with Crippen LogP contribution >= 0.6 is 0 Å². The Bertz CT molecular complexity index is 965. The van der Waals surface area contributed by atoms with E-state index in [2.05, 4.69) is 11.9 Å². The normalized spacial score (nSPS) is 10.7. The van der Waals surface area contributed by atoms with Gasteiger partial charge in [0.2, 0.25) is 0 Å². The van der Waals surface area contributed by atoms with Crippen LogP contribution in [-0.4, -0.2) is 20.3 Å². The third kappa shape index (κ3) is 2.50. The molecule has 1 amide bonds. The SMILES string of the molecule is C=C(C)n1c(=O)n(-c2ccc(NC(=O)O)cc2)c2ccccc21. The fourth-order valence-electron chi connectivity index (χ4n) is 2.58. The van der Waals surface area contributed by atoms with Crippen molar-refractivity contribution in [2.75, 3.05) is 5.32 Å². The fourth-order valence-corrected chi connectivity index (χ4v) is 2.58. The molecule has 0 fully saturated rings. The van der Waals surface area contributed by atoms with Gasteiger partial charge in [-0.1, -0.05) is 18.7 Å². The fraction of sp³-hybridized carbons (Fsp3) is 0.0588. The summed E-state index contributed by atoms with van der Waals surface area (Å²) in [4.78, 5) is 23.4. The molecule has 0 atom stereocenters. The van der Waals surface area contributed by atoms with E-state index in [1.807, 2.05) is 24.3 Å². The smallest absolute Gasteiger partial charge is 0.409 e. The lowest BCUT2D eigenvalue weighted by atomic mass is 10.2. The molecule has 3 aromatic rings. The van der Waals surface area contributed by atoms with Crippen molar-refractivity contribution in [3.63, 3.8) is 0 Å². The predicted octanol–water partition coefficient (Wildman–Crippen LogP) is 3.37. The number of fused-ring (bicyclic) bond motifs is 1. The first-order valence-electron chi connectivity index (χ1n) is 6.98. The molecule has 1 heterocycles. The summed E-state index contributed by atoms with van der Waals surface area (Å²) in [6, 6.07) is 14.1. The van der Waals surface area contributed by atoms with Crippen molar-refractivity contribution in [2.24, 2.45) is 0 Å². The van der Waals surface area contributed by atoms with Gasteiger partial charge in [0.15, 0.2) is 0 Å². The van der Waals surface area contributed by atoms with Crippen LogP contribution in [0.1, 0.15) is 6.92 Å². The van der Waals surface area contributed by atoms with E-state index >= 15 is 0 Å². The van der Waals surface area contributed by atoms with Crippen LogP contribution in [0.3, 0.4) is 0 Å². The molecule has 0 radical (unpaired) electrons. The number of hydrogen-bond donors (Lipinski definition) is 2. The van der Waals surface area contributed by atoms with Crippen molar-refractivity contribution >= 4 is 28.5 Å². The second-order valence-electron chi connectivity index (χ2n) is 5.15. The van der Waals surface area contributed by atoms with Crippen LogP contribution in [0.4, 0.5) is 10.5 Å². The molecule has 1 aromatic heterocycles. The van der Waals surface area contributed by atoms with Crippen LogP contribution in [-0.2, 0) is 0 Å². The van der Waals surface area contributed by atoms with Crippen LogP contribution < -0.4 is 11.0 Å². The lowest BCUT2D eigenvalue weighted by Crippen LogP contribution is -2.21. The van der Waals surface area contributed by atoms with Crippen LogP contribution in [0.5, 0.6) is 0 Å². The zero-order valence-electron chi connectivity index (χ0n) is 12.5. The second-order valence-corrected chi connectivity index (χ2v) is 5.15. The number of imidazole rings is 1. The zero-order valence-corrected chi connectivity index (χ0v) is 12.5. The van der Waals surface area contributed by atoms with Crippen molar-refractivity contribution < 1.29 is 9.90 Å². The van der Waals surface area contributed by atoms with Gasteiger partial charge in [0, 0.05) is 11.4 Å². The summed E-state index contributed by atoms with van der Waals surface area (Å²) in [5.74, 6) is 0. The lowest BCUT2D eigenvalue weighted by molar-refractivity contribution is 0.210. The summed E-state index contributed by atoms with van der Waals surface area (Å²) in [5, 5.41) is 11.0. The van der Waals surface area contributed by atoms with Crippen molar-refractivity contribution in [1.82, 2.24) is 9.13 Å². The van der Waals surface area contributed by atoms with Crippen molar-refractivity contribution in [1.29, 1.82) is 0 Å². The molecule has 0 aliphatic carbocycles. The summed E-state index contributed by atoms with van der Waals surface area (Å²) >= 11 is 0. The number of anilines is 1. The van der Waals surface area contributed by atoms with Gasteiger partial charge in [0.1, 0.15) is 0 Å². The number of carboxylic acid groups (broad SMARTS) is 1. The molecule has 23 heavy (non-hydrogen) atoms. The standard InChI is InChI=1S/C17H15N3O3/c1-11(2)19-14-5-3-4-6-15(14)20(17(19)23)13-9-7-12(8-10-13)18-16(21)22/h3-10,18H,1H2,2H3,(H,21,22). The highest BCUT2D eigenvalue weighted by molar-refractivity contribution is 5.84. The van der Waals surface area contributed by atoms with Gasteiger partial charge in [-0.05, 0) is 43.3 Å². The Balaban J connectivity index is 2.20. The van der Waals surface area contributed by atoms with Gasteiger partial charge in [-0.25, -0.2) is 9.59 Å². The van der Waals surface area contributed by atoms with Crippen LogP contribution in [0.15, 0.2) is 59.9 Å². The zero-order chi connectivity index (χ0) is 16.6. The maximum absolute atomic E-state index is 12.7. The van der Waals surface area contributed by atoms with E-state index < -0.39 is 6.09 Å². The molecule has 2 aromatic carbocycles. The summed E-state index contributed by atoms with van der Waals surface area (Å²) in [6.07, 6.45) is -1.13. The van der Waals surface area contributed by atoms with Gasteiger partial charge in [-0.15, -0.1) is 0 Å². The maximum Gasteiger partial charge on any atom is 0.409 e. The Morgan fingerprint density at radius 3 is 2.26 bits per heavy atom. The number of para-hydroxylation sites is 2. The minimum absolute atomic E-state index is 0.211. The second kappa shape index (κ2) is 5.49. The molecule has 0 spiro atoms. The Morgan fingerprint density at radius 2 is 1.70 bits per heavy atom. The average molecular weight is 309 g/mol. The van der Waals surface area contributed by atoms with Gasteiger partial charge in [-0.2, -0.15) is 0 Å². The number of aromatic nitrogens is 2. The molecular formula is C17H15N3O3. The predicted molar refractivity (Wildman–Crippen MR) is 90.2 cm³/mol. The molecule has 116 valence electrons. The van der Waals surface area contributed by atoms with Gasteiger partial charge in [-0.3, -0.25) is 14.5 Å². The van der Waals surface area contributed by atoms with E-state index in [4.69, 9.17) is 5.11 Å².